The lowest BCUT2D eigenvalue weighted by atomic mass is 10.2. The van der Waals surface area contributed by atoms with Crippen LogP contribution in [0.4, 0.5) is 5.69 Å². The van der Waals surface area contributed by atoms with Crippen LogP contribution in [-0.2, 0) is 4.74 Å². The minimum Gasteiger partial charge on any atom is -0.491 e. The molecule has 17 heavy (non-hydrogen) atoms. The van der Waals surface area contributed by atoms with Crippen LogP contribution in [0, 0.1) is 0 Å². The molecule has 5 nitrogen and oxygen atoms in total. The van der Waals surface area contributed by atoms with Crippen LogP contribution < -0.4 is 10.5 Å². The van der Waals surface area contributed by atoms with E-state index in [4.69, 9.17) is 20.3 Å². The standard InChI is InChI=1S/C12H17NO4/c1-2-5-16-6-7-17-9-3-4-11(13)10(8-9)12(14)15/h3-4,8H,2,5-7,13H2,1H3,(H,14,15). The number of nitrogen functional groups attached to an aromatic ring is 1. The Bertz CT molecular complexity index is 379. The lowest BCUT2D eigenvalue weighted by Crippen LogP contribution is -2.08. The van der Waals surface area contributed by atoms with E-state index >= 15 is 0 Å². The zero-order chi connectivity index (χ0) is 12.7. The van der Waals surface area contributed by atoms with Gasteiger partial charge in [-0.15, -0.1) is 0 Å². The van der Waals surface area contributed by atoms with Gasteiger partial charge in [0.2, 0.25) is 0 Å². The first-order valence-electron chi connectivity index (χ1n) is 5.48. The first-order valence-corrected chi connectivity index (χ1v) is 5.48. The summed E-state index contributed by atoms with van der Waals surface area (Å²) in [7, 11) is 0. The van der Waals surface area contributed by atoms with E-state index in [1.54, 1.807) is 6.07 Å². The summed E-state index contributed by atoms with van der Waals surface area (Å²) in [6.07, 6.45) is 0.963. The van der Waals surface area contributed by atoms with E-state index in [1.807, 2.05) is 6.92 Å². The molecule has 0 saturated carbocycles. The SMILES string of the molecule is CCCOCCOc1ccc(N)c(C(=O)O)c1. The fourth-order valence-corrected chi connectivity index (χ4v) is 1.28. The molecule has 1 aromatic carbocycles. The molecule has 5 heteroatoms. The van der Waals surface area contributed by atoms with Crippen LogP contribution >= 0.6 is 0 Å². The highest BCUT2D eigenvalue weighted by Gasteiger charge is 2.08. The van der Waals surface area contributed by atoms with Crippen molar-refractivity contribution in [2.24, 2.45) is 0 Å². The lowest BCUT2D eigenvalue weighted by Gasteiger charge is -2.08. The molecule has 0 spiro atoms. The molecule has 0 radical (unpaired) electrons. The smallest absolute Gasteiger partial charge is 0.337 e. The number of anilines is 1. The number of carbonyl (C=O) groups is 1. The highest BCUT2D eigenvalue weighted by molar-refractivity contribution is 5.94. The molecule has 0 aliphatic carbocycles. The molecule has 0 fully saturated rings. The molecule has 0 atom stereocenters. The summed E-state index contributed by atoms with van der Waals surface area (Å²) < 4.78 is 10.6. The second-order valence-corrected chi connectivity index (χ2v) is 3.52. The third-order valence-corrected chi connectivity index (χ3v) is 2.10. The van der Waals surface area contributed by atoms with Gasteiger partial charge in [0.15, 0.2) is 0 Å². The molecule has 0 unspecified atom stereocenters. The van der Waals surface area contributed by atoms with Crippen LogP contribution in [0.25, 0.3) is 0 Å². The number of aromatic carboxylic acids is 1. The summed E-state index contributed by atoms with van der Waals surface area (Å²) in [6.45, 7) is 3.61. The molecule has 0 aliphatic heterocycles. The van der Waals surface area contributed by atoms with Crippen molar-refractivity contribution in [1.82, 2.24) is 0 Å². The summed E-state index contributed by atoms with van der Waals surface area (Å²) in [6, 6.07) is 4.57. The van der Waals surface area contributed by atoms with E-state index < -0.39 is 5.97 Å². The number of hydrogen-bond acceptors (Lipinski definition) is 4. The maximum Gasteiger partial charge on any atom is 0.337 e. The molecule has 0 bridgehead atoms. The Morgan fingerprint density at radius 3 is 2.76 bits per heavy atom. The molecule has 3 N–H and O–H groups in total. The van der Waals surface area contributed by atoms with E-state index in [1.165, 1.54) is 12.1 Å². The van der Waals surface area contributed by atoms with Gasteiger partial charge in [-0.05, 0) is 24.6 Å². The first-order chi connectivity index (χ1) is 8.15. The Morgan fingerprint density at radius 2 is 2.12 bits per heavy atom. The van der Waals surface area contributed by atoms with Gasteiger partial charge in [0, 0.05) is 12.3 Å². The molecule has 0 amide bonds. The molecular formula is C12H17NO4. The van der Waals surface area contributed by atoms with E-state index in [9.17, 15) is 4.79 Å². The maximum atomic E-state index is 10.8. The van der Waals surface area contributed by atoms with Crippen molar-refractivity contribution < 1.29 is 19.4 Å². The third kappa shape index (κ3) is 4.32. The minimum atomic E-state index is -1.06. The third-order valence-electron chi connectivity index (χ3n) is 2.10. The number of benzene rings is 1. The molecular weight excluding hydrogens is 222 g/mol. The topological polar surface area (TPSA) is 81.8 Å². The van der Waals surface area contributed by atoms with Gasteiger partial charge in [-0.3, -0.25) is 0 Å². The fourth-order valence-electron chi connectivity index (χ4n) is 1.28. The Hall–Kier alpha value is -1.75. The van der Waals surface area contributed by atoms with Crippen LogP contribution in [0.2, 0.25) is 0 Å². The molecule has 94 valence electrons. The van der Waals surface area contributed by atoms with Gasteiger partial charge < -0.3 is 20.3 Å². The quantitative estimate of drug-likeness (QED) is 0.559. The fraction of sp³-hybridized carbons (Fsp3) is 0.417. The number of carboxylic acids is 1. The monoisotopic (exact) mass is 239 g/mol. The van der Waals surface area contributed by atoms with E-state index in [-0.39, 0.29) is 11.3 Å². The van der Waals surface area contributed by atoms with Crippen LogP contribution in [0.15, 0.2) is 18.2 Å². The Balaban J connectivity index is 2.49. The van der Waals surface area contributed by atoms with Gasteiger partial charge in [-0.2, -0.15) is 0 Å². The largest absolute Gasteiger partial charge is 0.491 e. The summed E-state index contributed by atoms with van der Waals surface area (Å²) in [4.78, 5) is 10.8. The van der Waals surface area contributed by atoms with Crippen molar-refractivity contribution in [3.05, 3.63) is 23.8 Å². The number of nitrogens with two attached hydrogens (primary N) is 1. The van der Waals surface area contributed by atoms with E-state index in [0.29, 0.717) is 25.6 Å². The second-order valence-electron chi connectivity index (χ2n) is 3.52. The average Bonchev–Trinajstić information content (AvgIpc) is 2.30. The average molecular weight is 239 g/mol. The first kappa shape index (κ1) is 13.3. The van der Waals surface area contributed by atoms with Crippen molar-refractivity contribution in [2.45, 2.75) is 13.3 Å². The molecule has 0 heterocycles. The van der Waals surface area contributed by atoms with E-state index in [0.717, 1.165) is 6.42 Å². The Kier molecular flexibility index (Phi) is 5.29. The summed E-state index contributed by atoms with van der Waals surface area (Å²) in [5.74, 6) is -0.577. The van der Waals surface area contributed by atoms with Crippen molar-refractivity contribution in [3.63, 3.8) is 0 Å². The van der Waals surface area contributed by atoms with Crippen LogP contribution in [0.3, 0.4) is 0 Å². The van der Waals surface area contributed by atoms with Crippen LogP contribution in [0.5, 0.6) is 5.75 Å². The normalized spacial score (nSPS) is 10.2. The predicted octanol–water partition coefficient (Wildman–Crippen LogP) is 1.77. The van der Waals surface area contributed by atoms with Gasteiger partial charge in [-0.1, -0.05) is 6.92 Å². The number of carboxylic acid groups (broad SMARTS) is 1. The Labute approximate surface area is 100 Å². The van der Waals surface area contributed by atoms with Crippen molar-refractivity contribution in [3.8, 4) is 5.75 Å². The predicted molar refractivity (Wildman–Crippen MR) is 64.4 cm³/mol. The van der Waals surface area contributed by atoms with Gasteiger partial charge in [-0.25, -0.2) is 4.79 Å². The van der Waals surface area contributed by atoms with Crippen molar-refractivity contribution >= 4 is 11.7 Å². The number of hydrogen-bond donors (Lipinski definition) is 2. The molecule has 0 aliphatic rings. The van der Waals surface area contributed by atoms with Crippen molar-refractivity contribution in [1.29, 1.82) is 0 Å². The molecule has 0 aromatic heterocycles. The zero-order valence-corrected chi connectivity index (χ0v) is 9.81. The van der Waals surface area contributed by atoms with E-state index in [2.05, 4.69) is 0 Å². The summed E-state index contributed by atoms with van der Waals surface area (Å²) in [5.41, 5.74) is 5.81. The Morgan fingerprint density at radius 1 is 1.35 bits per heavy atom. The summed E-state index contributed by atoms with van der Waals surface area (Å²) in [5, 5.41) is 8.87. The number of rotatable bonds is 7. The van der Waals surface area contributed by atoms with Crippen molar-refractivity contribution in [2.75, 3.05) is 25.6 Å². The van der Waals surface area contributed by atoms with Gasteiger partial charge in [0.05, 0.1) is 12.2 Å². The zero-order valence-electron chi connectivity index (χ0n) is 9.81. The van der Waals surface area contributed by atoms with Gasteiger partial charge in [0.1, 0.15) is 12.4 Å². The van der Waals surface area contributed by atoms with Crippen LogP contribution in [-0.4, -0.2) is 30.9 Å². The molecule has 1 aromatic rings. The maximum absolute atomic E-state index is 10.8. The molecule has 0 saturated heterocycles. The highest BCUT2D eigenvalue weighted by Crippen LogP contribution is 2.19. The lowest BCUT2D eigenvalue weighted by molar-refractivity contribution is 0.0697. The van der Waals surface area contributed by atoms with Crippen LogP contribution in [0.1, 0.15) is 23.7 Å². The van der Waals surface area contributed by atoms with Gasteiger partial charge in [0.25, 0.3) is 0 Å². The summed E-state index contributed by atoms with van der Waals surface area (Å²) >= 11 is 0. The molecule has 1 rings (SSSR count). The number of ether oxygens (including phenoxy) is 2. The second kappa shape index (κ2) is 6.75. The van der Waals surface area contributed by atoms with Gasteiger partial charge >= 0.3 is 5.97 Å². The highest BCUT2D eigenvalue weighted by atomic mass is 16.5. The minimum absolute atomic E-state index is 0.0528.